The molecule has 0 radical (unpaired) electrons. The Hall–Kier alpha value is 0.290. The van der Waals surface area contributed by atoms with Crippen LogP contribution in [0.5, 0.6) is 0 Å². The molecule has 5 heteroatoms. The van der Waals surface area contributed by atoms with Crippen molar-refractivity contribution < 1.29 is 44.9 Å². The van der Waals surface area contributed by atoms with Crippen LogP contribution in [0.15, 0.2) is 29.2 Å². The van der Waals surface area contributed by atoms with E-state index in [1.807, 2.05) is 0 Å². The summed E-state index contributed by atoms with van der Waals surface area (Å²) in [6.07, 6.45) is 0. The third-order valence-corrected chi connectivity index (χ3v) is 1.98. The Labute approximate surface area is 96.9 Å². The van der Waals surface area contributed by atoms with Crippen molar-refractivity contribution in [2.75, 3.05) is 0 Å². The van der Waals surface area contributed by atoms with Gasteiger partial charge in [-0.05, 0) is 17.7 Å². The van der Waals surface area contributed by atoms with Gasteiger partial charge in [0, 0.05) is 0 Å². The van der Waals surface area contributed by atoms with Crippen molar-refractivity contribution in [3.8, 4) is 0 Å². The van der Waals surface area contributed by atoms with Crippen LogP contribution in [-0.4, -0.2) is 13.9 Å². The minimum absolute atomic E-state index is 0. The molecule has 0 spiro atoms. The Kier molecular flexibility index (Phi) is 6.00. The molecule has 1 unspecified atom stereocenters. The van der Waals surface area contributed by atoms with Gasteiger partial charge in [0.2, 0.25) is 0 Å². The van der Waals surface area contributed by atoms with Crippen molar-refractivity contribution >= 4 is 11.1 Å². The number of hydrogen-bond donors (Lipinski definition) is 2. The summed E-state index contributed by atoms with van der Waals surface area (Å²) >= 11 is -1.92. The molecule has 1 aromatic carbocycles. The van der Waals surface area contributed by atoms with E-state index < -0.39 is 11.1 Å². The number of hydrogen-bond acceptors (Lipinski definition) is 2. The van der Waals surface area contributed by atoms with E-state index in [4.69, 9.17) is 9.66 Å². The fraction of sp³-hybridized carbons (Fsp3) is 0.143. The van der Waals surface area contributed by atoms with Crippen LogP contribution in [0.25, 0.3) is 0 Å². The second-order valence-corrected chi connectivity index (χ2v) is 3.02. The zero-order valence-electron chi connectivity index (χ0n) is 7.73. The molecule has 12 heavy (non-hydrogen) atoms. The van der Waals surface area contributed by atoms with E-state index in [0.717, 1.165) is 5.56 Å². The van der Waals surface area contributed by atoms with Gasteiger partial charge in [-0.2, -0.15) is 0 Å². The minimum atomic E-state index is -1.92. The van der Waals surface area contributed by atoms with Crippen LogP contribution in [0.4, 0.5) is 0 Å². The predicted molar refractivity (Wildman–Crippen MR) is 42.5 cm³/mol. The monoisotopic (exact) mass is 196 g/mol. The summed E-state index contributed by atoms with van der Waals surface area (Å²) in [6.45, 7) is -0.0433. The molecule has 0 aromatic heterocycles. The Balaban J connectivity index is 0. The van der Waals surface area contributed by atoms with Gasteiger partial charge < -0.3 is 11.1 Å². The van der Waals surface area contributed by atoms with Gasteiger partial charge in [-0.3, -0.25) is 0 Å². The second-order valence-electron chi connectivity index (χ2n) is 2.05. The van der Waals surface area contributed by atoms with Crippen LogP contribution < -0.4 is 29.6 Å². The van der Waals surface area contributed by atoms with E-state index in [9.17, 15) is 4.21 Å². The first kappa shape index (κ1) is 12.3. The van der Waals surface area contributed by atoms with Crippen molar-refractivity contribution in [3.05, 3.63) is 29.8 Å². The standard InChI is InChI=1S/C7H8O3S.Na.H/c8-5-6-1-3-7(4-2-6)11(9)10;;/h1-4,8H,5H2,(H,9,10);;/q;+1;-1. The normalized spacial score (nSPS) is 11.8. The van der Waals surface area contributed by atoms with Crippen LogP contribution in [-0.2, 0) is 17.7 Å². The van der Waals surface area contributed by atoms with Gasteiger partial charge in [0.25, 0.3) is 0 Å². The van der Waals surface area contributed by atoms with E-state index in [0.29, 0.717) is 4.90 Å². The van der Waals surface area contributed by atoms with Crippen LogP contribution in [0, 0.1) is 0 Å². The fourth-order valence-electron chi connectivity index (χ4n) is 0.711. The fourth-order valence-corrected chi connectivity index (χ4v) is 1.08. The summed E-state index contributed by atoms with van der Waals surface area (Å²) in [5.74, 6) is 0. The molecule has 1 rings (SSSR count). The molecular formula is C7H9NaO3S. The minimum Gasteiger partial charge on any atom is -1.00 e. The third kappa shape index (κ3) is 3.35. The number of aliphatic hydroxyl groups is 1. The van der Waals surface area contributed by atoms with Crippen molar-refractivity contribution in [2.45, 2.75) is 11.5 Å². The van der Waals surface area contributed by atoms with Gasteiger partial charge in [0.05, 0.1) is 11.5 Å². The first-order valence-corrected chi connectivity index (χ1v) is 4.15. The van der Waals surface area contributed by atoms with Crippen molar-refractivity contribution in [2.24, 2.45) is 0 Å². The van der Waals surface area contributed by atoms with Gasteiger partial charge in [-0.25, -0.2) is 4.21 Å². The van der Waals surface area contributed by atoms with Crippen molar-refractivity contribution in [1.29, 1.82) is 0 Å². The Morgan fingerprint density at radius 1 is 1.33 bits per heavy atom. The number of aliphatic hydroxyl groups excluding tert-OH is 1. The van der Waals surface area contributed by atoms with E-state index >= 15 is 0 Å². The molecule has 0 saturated carbocycles. The molecule has 0 aliphatic rings. The summed E-state index contributed by atoms with van der Waals surface area (Å²) in [5.41, 5.74) is 0.735. The first-order valence-electron chi connectivity index (χ1n) is 3.04. The maximum atomic E-state index is 10.4. The van der Waals surface area contributed by atoms with Gasteiger partial charge in [-0.1, -0.05) is 12.1 Å². The molecule has 1 atom stereocenters. The molecule has 0 aliphatic carbocycles. The maximum absolute atomic E-state index is 10.4. The number of benzene rings is 1. The van der Waals surface area contributed by atoms with Crippen molar-refractivity contribution in [1.82, 2.24) is 0 Å². The molecule has 0 amide bonds. The SMILES string of the molecule is O=S(O)c1ccc(CO)cc1.[H-].[Na+]. The predicted octanol–water partition coefficient (Wildman–Crippen LogP) is -2.12. The summed E-state index contributed by atoms with van der Waals surface area (Å²) < 4.78 is 19.0. The second kappa shape index (κ2) is 5.85. The van der Waals surface area contributed by atoms with E-state index in [-0.39, 0.29) is 37.6 Å². The molecule has 0 aliphatic heterocycles. The molecular weight excluding hydrogens is 187 g/mol. The average Bonchev–Trinajstić information content (AvgIpc) is 2.05. The Morgan fingerprint density at radius 2 is 1.83 bits per heavy atom. The summed E-state index contributed by atoms with van der Waals surface area (Å²) in [6, 6.07) is 6.26. The summed E-state index contributed by atoms with van der Waals surface area (Å²) in [5, 5.41) is 8.63. The Morgan fingerprint density at radius 3 is 2.17 bits per heavy atom. The van der Waals surface area contributed by atoms with Gasteiger partial charge in [0.15, 0.2) is 11.1 Å². The van der Waals surface area contributed by atoms with Gasteiger partial charge in [0.1, 0.15) is 0 Å². The quantitative estimate of drug-likeness (QED) is 0.420. The average molecular weight is 196 g/mol. The van der Waals surface area contributed by atoms with Gasteiger partial charge >= 0.3 is 29.6 Å². The van der Waals surface area contributed by atoms with Crippen LogP contribution in [0.3, 0.4) is 0 Å². The molecule has 62 valence electrons. The summed E-state index contributed by atoms with van der Waals surface area (Å²) in [4.78, 5) is 0.349. The first-order chi connectivity index (χ1) is 5.24. The number of rotatable bonds is 2. The zero-order valence-corrected chi connectivity index (χ0v) is 9.54. The van der Waals surface area contributed by atoms with Crippen molar-refractivity contribution in [3.63, 3.8) is 0 Å². The van der Waals surface area contributed by atoms with Crippen LogP contribution >= 0.6 is 0 Å². The topological polar surface area (TPSA) is 57.5 Å². The van der Waals surface area contributed by atoms with Crippen LogP contribution in [0.1, 0.15) is 6.99 Å². The van der Waals surface area contributed by atoms with E-state index in [1.54, 1.807) is 12.1 Å². The molecule has 0 fully saturated rings. The smallest absolute Gasteiger partial charge is 1.00 e. The largest absolute Gasteiger partial charge is 1.00 e. The molecule has 0 saturated heterocycles. The molecule has 0 bridgehead atoms. The molecule has 2 N–H and O–H groups in total. The molecule has 1 aromatic rings. The summed E-state index contributed by atoms with van der Waals surface area (Å²) in [7, 11) is 0. The maximum Gasteiger partial charge on any atom is 1.00 e. The van der Waals surface area contributed by atoms with E-state index in [1.165, 1.54) is 12.1 Å². The van der Waals surface area contributed by atoms with Gasteiger partial charge in [-0.15, -0.1) is 0 Å². The third-order valence-electron chi connectivity index (χ3n) is 1.31. The zero-order chi connectivity index (χ0) is 8.27. The molecule has 0 heterocycles. The Bertz CT molecular complexity index is 265. The van der Waals surface area contributed by atoms with Crippen LogP contribution in [0.2, 0.25) is 0 Å². The molecule has 3 nitrogen and oxygen atoms in total. The van der Waals surface area contributed by atoms with E-state index in [2.05, 4.69) is 0 Å².